The van der Waals surface area contributed by atoms with E-state index in [4.69, 9.17) is 0 Å². The number of hydrogen-bond donors (Lipinski definition) is 2. The Labute approximate surface area is 155 Å². The van der Waals surface area contributed by atoms with Crippen molar-refractivity contribution in [2.24, 2.45) is 5.92 Å². The van der Waals surface area contributed by atoms with Crippen molar-refractivity contribution in [3.63, 3.8) is 0 Å². The number of anilines is 1. The molecular formula is C20H29N3O3. The Morgan fingerprint density at radius 1 is 1.12 bits per heavy atom. The molecule has 1 saturated heterocycles. The third-order valence-electron chi connectivity index (χ3n) is 4.51. The average Bonchev–Trinajstić information content (AvgIpc) is 3.04. The molecule has 1 aliphatic heterocycles. The van der Waals surface area contributed by atoms with Crippen LogP contribution in [0.4, 0.5) is 5.69 Å². The smallest absolute Gasteiger partial charge is 0.251 e. The third-order valence-corrected chi connectivity index (χ3v) is 4.51. The molecule has 6 heteroatoms. The lowest BCUT2D eigenvalue weighted by Crippen LogP contribution is -2.41. The second-order valence-electron chi connectivity index (χ2n) is 7.32. The Hall–Kier alpha value is -2.37. The fraction of sp³-hybridized carbons (Fsp3) is 0.550. The maximum absolute atomic E-state index is 12.2. The highest BCUT2D eigenvalue weighted by atomic mass is 16.2. The molecule has 0 spiro atoms. The van der Waals surface area contributed by atoms with Gasteiger partial charge in [0, 0.05) is 30.3 Å². The Bertz CT molecular complexity index is 640. The largest absolute Gasteiger partial charge is 0.352 e. The standard InChI is InChI=1S/C20H29N3O3/c1-14(2)6-7-15(3)22-18(24)13-21-20(26)16-8-10-17(11-9-16)23-12-4-5-19(23)25/h8-11,14-15H,4-7,12-13H2,1-3H3,(H,21,26)(H,22,24). The lowest BCUT2D eigenvalue weighted by atomic mass is 10.0. The summed E-state index contributed by atoms with van der Waals surface area (Å²) in [5.74, 6) is 0.238. The minimum atomic E-state index is -0.297. The van der Waals surface area contributed by atoms with Gasteiger partial charge in [-0.1, -0.05) is 13.8 Å². The summed E-state index contributed by atoms with van der Waals surface area (Å²) in [6.07, 6.45) is 3.42. The molecule has 6 nitrogen and oxygen atoms in total. The first kappa shape index (κ1) is 19.9. The first-order chi connectivity index (χ1) is 12.4. The van der Waals surface area contributed by atoms with Gasteiger partial charge in [0.15, 0.2) is 0 Å². The van der Waals surface area contributed by atoms with Gasteiger partial charge in [-0.2, -0.15) is 0 Å². The summed E-state index contributed by atoms with van der Waals surface area (Å²) in [5.41, 5.74) is 1.28. The van der Waals surface area contributed by atoms with Crippen LogP contribution in [-0.4, -0.2) is 36.9 Å². The molecule has 26 heavy (non-hydrogen) atoms. The van der Waals surface area contributed by atoms with Gasteiger partial charge in [-0.3, -0.25) is 14.4 Å². The maximum atomic E-state index is 12.2. The monoisotopic (exact) mass is 359 g/mol. The first-order valence-corrected chi connectivity index (χ1v) is 9.35. The van der Waals surface area contributed by atoms with Crippen molar-refractivity contribution in [2.45, 2.75) is 52.5 Å². The third kappa shape index (κ3) is 5.86. The van der Waals surface area contributed by atoms with Gasteiger partial charge in [0.2, 0.25) is 11.8 Å². The summed E-state index contributed by atoms with van der Waals surface area (Å²) in [6, 6.07) is 7.00. The molecule has 3 amide bonds. The molecule has 2 N–H and O–H groups in total. The van der Waals surface area contributed by atoms with E-state index in [2.05, 4.69) is 24.5 Å². The molecular weight excluding hydrogens is 330 g/mol. The predicted octanol–water partition coefficient (Wildman–Crippen LogP) is 2.48. The fourth-order valence-corrected chi connectivity index (χ4v) is 2.96. The Kier molecular flexibility index (Phi) is 7.18. The molecule has 0 radical (unpaired) electrons. The number of rotatable bonds is 8. The van der Waals surface area contributed by atoms with Gasteiger partial charge in [-0.05, 0) is 56.4 Å². The van der Waals surface area contributed by atoms with Gasteiger partial charge in [0.25, 0.3) is 5.91 Å². The minimum absolute atomic E-state index is 0.0444. The highest BCUT2D eigenvalue weighted by molar-refractivity contribution is 5.98. The molecule has 1 aromatic carbocycles. The Balaban J connectivity index is 1.78. The molecule has 1 unspecified atom stereocenters. The van der Waals surface area contributed by atoms with Crippen molar-refractivity contribution in [3.8, 4) is 0 Å². The van der Waals surface area contributed by atoms with Crippen molar-refractivity contribution in [1.29, 1.82) is 0 Å². The predicted molar refractivity (Wildman–Crippen MR) is 102 cm³/mol. The molecule has 0 aliphatic carbocycles. The molecule has 1 fully saturated rings. The Morgan fingerprint density at radius 2 is 1.81 bits per heavy atom. The number of nitrogens with zero attached hydrogens (tertiary/aromatic N) is 1. The molecule has 1 heterocycles. The Morgan fingerprint density at radius 3 is 2.38 bits per heavy atom. The molecule has 1 atom stereocenters. The molecule has 2 rings (SSSR count). The summed E-state index contributed by atoms with van der Waals surface area (Å²) in [4.78, 5) is 37.6. The fourth-order valence-electron chi connectivity index (χ4n) is 2.96. The van der Waals surface area contributed by atoms with E-state index >= 15 is 0 Å². The SMILES string of the molecule is CC(C)CCC(C)NC(=O)CNC(=O)c1ccc(N2CCCC2=O)cc1. The molecule has 1 aliphatic rings. The van der Waals surface area contributed by atoms with Crippen LogP contribution >= 0.6 is 0 Å². The zero-order valence-corrected chi connectivity index (χ0v) is 15.9. The van der Waals surface area contributed by atoms with Crippen LogP contribution in [0, 0.1) is 5.92 Å². The van der Waals surface area contributed by atoms with Gasteiger partial charge in [-0.25, -0.2) is 0 Å². The summed E-state index contributed by atoms with van der Waals surface area (Å²) in [5, 5.41) is 5.53. The molecule has 142 valence electrons. The van der Waals surface area contributed by atoms with Gasteiger partial charge >= 0.3 is 0 Å². The van der Waals surface area contributed by atoms with Crippen molar-refractivity contribution < 1.29 is 14.4 Å². The van der Waals surface area contributed by atoms with Crippen LogP contribution in [0.25, 0.3) is 0 Å². The summed E-state index contributed by atoms with van der Waals surface area (Å²) in [7, 11) is 0. The van der Waals surface area contributed by atoms with Crippen molar-refractivity contribution in [1.82, 2.24) is 10.6 Å². The van der Waals surface area contributed by atoms with Crippen LogP contribution in [0.1, 0.15) is 56.8 Å². The van der Waals surface area contributed by atoms with Gasteiger partial charge in [0.1, 0.15) is 0 Å². The topological polar surface area (TPSA) is 78.5 Å². The molecule has 0 saturated carbocycles. The number of benzene rings is 1. The van der Waals surface area contributed by atoms with Crippen molar-refractivity contribution in [3.05, 3.63) is 29.8 Å². The van der Waals surface area contributed by atoms with Gasteiger partial charge in [0.05, 0.1) is 6.54 Å². The van der Waals surface area contributed by atoms with E-state index in [1.807, 2.05) is 6.92 Å². The normalized spacial score (nSPS) is 15.2. The van der Waals surface area contributed by atoms with Gasteiger partial charge < -0.3 is 15.5 Å². The zero-order chi connectivity index (χ0) is 19.1. The van der Waals surface area contributed by atoms with E-state index in [1.54, 1.807) is 29.2 Å². The second kappa shape index (κ2) is 9.36. The summed E-state index contributed by atoms with van der Waals surface area (Å²) >= 11 is 0. The number of carbonyl (C=O) groups excluding carboxylic acids is 3. The highest BCUT2D eigenvalue weighted by Crippen LogP contribution is 2.21. The minimum Gasteiger partial charge on any atom is -0.352 e. The van der Waals surface area contributed by atoms with E-state index in [-0.39, 0.29) is 30.3 Å². The maximum Gasteiger partial charge on any atom is 0.251 e. The van der Waals surface area contributed by atoms with E-state index in [0.717, 1.165) is 31.5 Å². The lowest BCUT2D eigenvalue weighted by Gasteiger charge is -2.16. The highest BCUT2D eigenvalue weighted by Gasteiger charge is 2.21. The molecule has 1 aromatic rings. The van der Waals surface area contributed by atoms with Crippen LogP contribution in [-0.2, 0) is 9.59 Å². The number of carbonyl (C=O) groups is 3. The number of hydrogen-bond acceptors (Lipinski definition) is 3. The van der Waals surface area contributed by atoms with Crippen molar-refractivity contribution in [2.75, 3.05) is 18.0 Å². The van der Waals surface area contributed by atoms with Gasteiger partial charge in [-0.15, -0.1) is 0 Å². The average molecular weight is 359 g/mol. The molecule has 0 aromatic heterocycles. The second-order valence-corrected chi connectivity index (χ2v) is 7.32. The zero-order valence-electron chi connectivity index (χ0n) is 15.9. The number of amides is 3. The molecule has 0 bridgehead atoms. The summed E-state index contributed by atoms with van der Waals surface area (Å²) < 4.78 is 0. The van der Waals surface area contributed by atoms with E-state index < -0.39 is 0 Å². The summed E-state index contributed by atoms with van der Waals surface area (Å²) in [6.45, 7) is 6.95. The quantitative estimate of drug-likeness (QED) is 0.748. The van der Waals surface area contributed by atoms with E-state index in [0.29, 0.717) is 17.9 Å². The van der Waals surface area contributed by atoms with E-state index in [9.17, 15) is 14.4 Å². The van der Waals surface area contributed by atoms with E-state index in [1.165, 1.54) is 0 Å². The van der Waals surface area contributed by atoms with Crippen LogP contribution in [0.2, 0.25) is 0 Å². The number of nitrogens with one attached hydrogen (secondary N) is 2. The van der Waals surface area contributed by atoms with Crippen LogP contribution in [0.3, 0.4) is 0 Å². The van der Waals surface area contributed by atoms with Crippen LogP contribution in [0.5, 0.6) is 0 Å². The van der Waals surface area contributed by atoms with Crippen molar-refractivity contribution >= 4 is 23.4 Å². The van der Waals surface area contributed by atoms with Crippen LogP contribution < -0.4 is 15.5 Å². The lowest BCUT2D eigenvalue weighted by molar-refractivity contribution is -0.120. The first-order valence-electron chi connectivity index (χ1n) is 9.35. The van der Waals surface area contributed by atoms with Crippen LogP contribution in [0.15, 0.2) is 24.3 Å².